The van der Waals surface area contributed by atoms with Gasteiger partial charge in [-0.05, 0) is 30.4 Å². The monoisotopic (exact) mass is 319 g/mol. The van der Waals surface area contributed by atoms with Crippen molar-refractivity contribution in [3.8, 4) is 0 Å². The molecule has 0 bridgehead atoms. The molecule has 0 amide bonds. The Morgan fingerprint density at radius 1 is 1.14 bits per heavy atom. The highest BCUT2D eigenvalue weighted by atomic mass is 35.5. The fourth-order valence-electron chi connectivity index (χ4n) is 2.60. The zero-order valence-corrected chi connectivity index (χ0v) is 11.2. The molecule has 0 saturated carbocycles. The smallest absolute Gasteiger partial charge is 0.212 e. The molecule has 1 N–H and O–H groups in total. The van der Waals surface area contributed by atoms with Crippen LogP contribution in [-0.2, 0) is 0 Å². The molecule has 112 valence electrons. The van der Waals surface area contributed by atoms with Crippen LogP contribution in [0.25, 0.3) is 0 Å². The second-order valence-electron chi connectivity index (χ2n) is 4.86. The van der Waals surface area contributed by atoms with Crippen LogP contribution in [0.15, 0.2) is 41.6 Å². The third kappa shape index (κ3) is 2.22. The average molecular weight is 320 g/mol. The highest BCUT2D eigenvalue weighted by molar-refractivity contribution is 6.30. The van der Waals surface area contributed by atoms with Gasteiger partial charge in [0.2, 0.25) is 6.30 Å². The first-order valence-corrected chi connectivity index (χ1v) is 6.56. The van der Waals surface area contributed by atoms with Gasteiger partial charge in [-0.3, -0.25) is 0 Å². The summed E-state index contributed by atoms with van der Waals surface area (Å²) in [4.78, 5) is 0.862. The van der Waals surface area contributed by atoms with Crippen LogP contribution in [0.1, 0.15) is 0 Å². The summed E-state index contributed by atoms with van der Waals surface area (Å²) in [5, 5.41) is 9.71. The summed E-state index contributed by atoms with van der Waals surface area (Å²) in [5.41, 5.74) is -0.398. The largest absolute Gasteiger partial charge is 0.385 e. The highest BCUT2D eigenvalue weighted by Gasteiger charge is 2.47. The molecule has 3 rings (SSSR count). The summed E-state index contributed by atoms with van der Waals surface area (Å²) >= 11 is 5.71. The Hall–Kier alpha value is -1.53. The fraction of sp³-hybridized carbons (Fsp3) is 0.286. The highest BCUT2D eigenvalue weighted by Crippen LogP contribution is 2.42. The zero-order valence-electron chi connectivity index (χ0n) is 10.5. The predicted octanol–water partition coefficient (Wildman–Crippen LogP) is 3.46. The van der Waals surface area contributed by atoms with Crippen molar-refractivity contribution >= 4 is 17.3 Å². The van der Waals surface area contributed by atoms with Crippen LogP contribution in [0.3, 0.4) is 0 Å². The number of allylic oxidation sites excluding steroid dienone is 1. The molecule has 0 aromatic heterocycles. The van der Waals surface area contributed by atoms with E-state index in [4.69, 9.17) is 11.6 Å². The fourth-order valence-corrected chi connectivity index (χ4v) is 2.82. The van der Waals surface area contributed by atoms with E-state index >= 15 is 0 Å². The van der Waals surface area contributed by atoms with Gasteiger partial charge in [-0.2, -0.15) is 0 Å². The van der Waals surface area contributed by atoms with E-state index in [1.54, 1.807) is 0 Å². The molecule has 4 atom stereocenters. The maximum Gasteiger partial charge on any atom is 0.212 e. The molecule has 0 saturated heterocycles. The van der Waals surface area contributed by atoms with Crippen molar-refractivity contribution in [2.24, 2.45) is 0 Å². The minimum absolute atomic E-state index is 0.00527. The number of hydrogen-bond donors (Lipinski definition) is 1. The number of hydrogen-bond acceptors (Lipinski definition) is 2. The van der Waals surface area contributed by atoms with Crippen LogP contribution in [0.4, 0.5) is 23.2 Å². The number of benzene rings is 1. The van der Waals surface area contributed by atoms with Crippen molar-refractivity contribution in [3.63, 3.8) is 0 Å². The molecule has 1 aliphatic carbocycles. The quantitative estimate of drug-likeness (QED) is 0.633. The van der Waals surface area contributed by atoms with Crippen molar-refractivity contribution in [2.45, 2.75) is 24.7 Å². The van der Waals surface area contributed by atoms with Crippen LogP contribution < -0.4 is 4.90 Å². The number of rotatable bonds is 1. The van der Waals surface area contributed by atoms with Gasteiger partial charge in [0.25, 0.3) is 0 Å². The standard InChI is InChI=1S/C14H10ClF4NO/c15-6-3-7(16)5-8(4-6)20-10-2-1-9(17)13(21)11(10)12(18)14(20)19/h1-5,9,12-14,21H. The molecule has 0 fully saturated rings. The first-order valence-electron chi connectivity index (χ1n) is 6.18. The Labute approximate surface area is 122 Å². The van der Waals surface area contributed by atoms with E-state index in [0.29, 0.717) is 0 Å². The van der Waals surface area contributed by atoms with Gasteiger partial charge in [-0.25, -0.2) is 17.6 Å². The van der Waals surface area contributed by atoms with Crippen LogP contribution in [-0.4, -0.2) is 29.8 Å². The average Bonchev–Trinajstić information content (AvgIpc) is 2.66. The van der Waals surface area contributed by atoms with Crippen molar-refractivity contribution in [1.82, 2.24) is 0 Å². The lowest BCUT2D eigenvalue weighted by Crippen LogP contribution is -2.32. The predicted molar refractivity (Wildman–Crippen MR) is 70.7 cm³/mol. The van der Waals surface area contributed by atoms with Gasteiger partial charge < -0.3 is 10.0 Å². The number of nitrogens with zero attached hydrogens (tertiary/aromatic N) is 1. The lowest BCUT2D eigenvalue weighted by atomic mass is 9.96. The van der Waals surface area contributed by atoms with Crippen LogP contribution >= 0.6 is 11.6 Å². The third-order valence-electron chi connectivity index (χ3n) is 3.52. The maximum atomic E-state index is 14.2. The lowest BCUT2D eigenvalue weighted by Gasteiger charge is -2.25. The first kappa shape index (κ1) is 14.4. The van der Waals surface area contributed by atoms with Crippen LogP contribution in [0.5, 0.6) is 0 Å². The molecule has 4 unspecified atom stereocenters. The molecule has 2 nitrogen and oxygen atoms in total. The first-order chi connectivity index (χ1) is 9.90. The summed E-state index contributed by atoms with van der Waals surface area (Å²) < 4.78 is 55.1. The van der Waals surface area contributed by atoms with Gasteiger partial charge in [-0.1, -0.05) is 11.6 Å². The van der Waals surface area contributed by atoms with Gasteiger partial charge >= 0.3 is 0 Å². The Kier molecular flexibility index (Phi) is 3.45. The number of aliphatic hydroxyl groups is 1. The van der Waals surface area contributed by atoms with E-state index in [1.807, 2.05) is 0 Å². The maximum absolute atomic E-state index is 14.2. The van der Waals surface area contributed by atoms with E-state index in [0.717, 1.165) is 23.1 Å². The molecular weight excluding hydrogens is 310 g/mol. The molecule has 0 radical (unpaired) electrons. The molecule has 1 aromatic carbocycles. The van der Waals surface area contributed by atoms with Crippen molar-refractivity contribution in [1.29, 1.82) is 0 Å². The Morgan fingerprint density at radius 2 is 1.86 bits per heavy atom. The van der Waals surface area contributed by atoms with Crippen molar-refractivity contribution in [2.75, 3.05) is 4.90 Å². The summed E-state index contributed by atoms with van der Waals surface area (Å²) in [5.74, 6) is -0.710. The van der Waals surface area contributed by atoms with Gasteiger partial charge in [0.1, 0.15) is 18.1 Å². The molecule has 21 heavy (non-hydrogen) atoms. The molecular formula is C14H10ClF4NO. The lowest BCUT2D eigenvalue weighted by molar-refractivity contribution is 0.106. The summed E-state index contributed by atoms with van der Waals surface area (Å²) in [7, 11) is 0. The number of anilines is 1. The van der Waals surface area contributed by atoms with E-state index in [2.05, 4.69) is 0 Å². The van der Waals surface area contributed by atoms with Gasteiger partial charge in [0, 0.05) is 22.0 Å². The SMILES string of the molecule is OC1C2=C(C=CC1F)N(c1cc(F)cc(Cl)c1)C(F)C2F. The molecule has 7 heteroatoms. The number of alkyl halides is 3. The normalized spacial score (nSPS) is 31.8. The third-order valence-corrected chi connectivity index (χ3v) is 3.74. The molecule has 0 spiro atoms. The minimum atomic E-state index is -2.19. The topological polar surface area (TPSA) is 23.5 Å². The molecule has 2 aliphatic rings. The molecule has 1 heterocycles. The van der Waals surface area contributed by atoms with E-state index in [9.17, 15) is 22.7 Å². The van der Waals surface area contributed by atoms with Gasteiger partial charge in [-0.15, -0.1) is 0 Å². The van der Waals surface area contributed by atoms with E-state index in [-0.39, 0.29) is 22.0 Å². The molecule has 1 aromatic rings. The molecule has 1 aliphatic heterocycles. The Bertz CT molecular complexity index is 628. The summed E-state index contributed by atoms with van der Waals surface area (Å²) in [6.07, 6.45) is -5.75. The second-order valence-corrected chi connectivity index (χ2v) is 5.30. The van der Waals surface area contributed by atoms with E-state index < -0.39 is 30.6 Å². The second kappa shape index (κ2) is 5.03. The van der Waals surface area contributed by atoms with Crippen molar-refractivity contribution in [3.05, 3.63) is 52.5 Å². The van der Waals surface area contributed by atoms with Gasteiger partial charge in [0.05, 0.1) is 0 Å². The summed E-state index contributed by atoms with van der Waals surface area (Å²) in [6.45, 7) is 0. The van der Waals surface area contributed by atoms with Crippen LogP contribution in [0.2, 0.25) is 5.02 Å². The van der Waals surface area contributed by atoms with E-state index in [1.165, 1.54) is 12.1 Å². The van der Waals surface area contributed by atoms with Crippen LogP contribution in [0, 0.1) is 5.82 Å². The number of aliphatic hydroxyl groups excluding tert-OH is 1. The number of halogens is 5. The Morgan fingerprint density at radius 3 is 2.52 bits per heavy atom. The Balaban J connectivity index is 2.11. The van der Waals surface area contributed by atoms with Gasteiger partial charge in [0.15, 0.2) is 6.17 Å². The summed E-state index contributed by atoms with van der Waals surface area (Å²) in [6, 6.07) is 3.28. The zero-order chi connectivity index (χ0) is 15.3. The minimum Gasteiger partial charge on any atom is -0.385 e. The van der Waals surface area contributed by atoms with Crippen molar-refractivity contribution < 1.29 is 22.7 Å².